The van der Waals surface area contributed by atoms with Crippen molar-refractivity contribution in [3.8, 4) is 0 Å². The first-order valence-electron chi connectivity index (χ1n) is 4.00. The quantitative estimate of drug-likeness (QED) is 0.714. The fourth-order valence-electron chi connectivity index (χ4n) is 1.52. The van der Waals surface area contributed by atoms with E-state index in [0.717, 1.165) is 0 Å². The molecule has 0 fully saturated rings. The first-order valence-corrected chi connectivity index (χ1v) is 4.00. The molecule has 5 heteroatoms. The van der Waals surface area contributed by atoms with E-state index in [1.54, 1.807) is 0 Å². The Morgan fingerprint density at radius 1 is 1.43 bits per heavy atom. The summed E-state index contributed by atoms with van der Waals surface area (Å²) in [7, 11) is 0. The summed E-state index contributed by atoms with van der Waals surface area (Å²) in [5.41, 5.74) is -0.259. The number of hydrogen-bond acceptors (Lipinski definition) is 2. The second kappa shape index (κ2) is 2.75. The van der Waals surface area contributed by atoms with Gasteiger partial charge in [0.2, 0.25) is 0 Å². The molecule has 1 aliphatic rings. The van der Waals surface area contributed by atoms with Crippen molar-refractivity contribution < 1.29 is 18.7 Å². The fourth-order valence-corrected chi connectivity index (χ4v) is 1.52. The van der Waals surface area contributed by atoms with Crippen LogP contribution in [0.15, 0.2) is 18.2 Å². The molecule has 2 rings (SSSR count). The number of alkyl halides is 2. The van der Waals surface area contributed by atoms with Crippen molar-refractivity contribution in [3.63, 3.8) is 0 Å². The van der Waals surface area contributed by atoms with E-state index in [4.69, 9.17) is 5.11 Å². The number of benzene rings is 1. The van der Waals surface area contributed by atoms with Gasteiger partial charge in [-0.1, -0.05) is 12.1 Å². The van der Waals surface area contributed by atoms with Crippen LogP contribution in [-0.2, 0) is 17.3 Å². The zero-order valence-electron chi connectivity index (χ0n) is 7.05. The predicted molar refractivity (Wildman–Crippen MR) is 44.9 cm³/mol. The minimum Gasteiger partial charge on any atom is -0.392 e. The topological polar surface area (TPSA) is 49.3 Å². The number of aliphatic hydroxyl groups is 1. The second-order valence-corrected chi connectivity index (χ2v) is 3.03. The molecule has 0 saturated heterocycles. The van der Waals surface area contributed by atoms with Crippen LogP contribution < -0.4 is 5.32 Å². The number of halogens is 2. The molecule has 3 nitrogen and oxygen atoms in total. The Morgan fingerprint density at radius 2 is 2.14 bits per heavy atom. The Hall–Kier alpha value is -1.49. The van der Waals surface area contributed by atoms with Crippen molar-refractivity contribution in [1.29, 1.82) is 0 Å². The highest BCUT2D eigenvalue weighted by Crippen LogP contribution is 2.42. The molecular formula is C9H7F2NO2. The van der Waals surface area contributed by atoms with Crippen LogP contribution >= 0.6 is 0 Å². The van der Waals surface area contributed by atoms with Crippen molar-refractivity contribution in [3.05, 3.63) is 29.3 Å². The van der Waals surface area contributed by atoms with Crippen LogP contribution in [0.3, 0.4) is 0 Å². The largest absolute Gasteiger partial charge is 0.392 e. The highest BCUT2D eigenvalue weighted by molar-refractivity contribution is 6.04. The van der Waals surface area contributed by atoms with Gasteiger partial charge < -0.3 is 10.4 Å². The lowest BCUT2D eigenvalue weighted by molar-refractivity contribution is -0.139. The van der Waals surface area contributed by atoms with Crippen LogP contribution in [0.5, 0.6) is 0 Å². The molecule has 14 heavy (non-hydrogen) atoms. The molecule has 1 amide bonds. The van der Waals surface area contributed by atoms with Crippen molar-refractivity contribution in [1.82, 2.24) is 0 Å². The third-order valence-electron chi connectivity index (χ3n) is 2.17. The zero-order valence-corrected chi connectivity index (χ0v) is 7.05. The molecule has 0 aliphatic carbocycles. The summed E-state index contributed by atoms with van der Waals surface area (Å²) in [6, 6.07) is 4.26. The Bertz CT molecular complexity index is 404. The molecule has 2 N–H and O–H groups in total. The predicted octanol–water partition coefficient (Wildman–Crippen LogP) is 1.22. The highest BCUT2D eigenvalue weighted by atomic mass is 19.3. The number of nitrogens with one attached hydrogen (secondary N) is 1. The lowest BCUT2D eigenvalue weighted by Gasteiger charge is -2.09. The summed E-state index contributed by atoms with van der Waals surface area (Å²) in [5, 5.41) is 10.9. The second-order valence-electron chi connectivity index (χ2n) is 3.03. The zero-order chi connectivity index (χ0) is 10.3. The summed E-state index contributed by atoms with van der Waals surface area (Å²) >= 11 is 0. The lowest BCUT2D eigenvalue weighted by atomic mass is 10.0. The van der Waals surface area contributed by atoms with Gasteiger partial charge in [0, 0.05) is 0 Å². The van der Waals surface area contributed by atoms with E-state index in [0.29, 0.717) is 0 Å². The molecule has 0 bridgehead atoms. The van der Waals surface area contributed by atoms with Gasteiger partial charge in [-0.25, -0.2) is 0 Å². The Balaban J connectivity index is 2.66. The van der Waals surface area contributed by atoms with Crippen molar-refractivity contribution in [2.45, 2.75) is 12.5 Å². The molecule has 0 spiro atoms. The summed E-state index contributed by atoms with van der Waals surface area (Å²) in [5.74, 6) is -4.87. The van der Waals surface area contributed by atoms with Crippen LogP contribution in [0.2, 0.25) is 0 Å². The van der Waals surface area contributed by atoms with Crippen molar-refractivity contribution >= 4 is 11.6 Å². The maximum atomic E-state index is 13.3. The number of carbonyl (C=O) groups excluding carboxylic acids is 1. The van der Waals surface area contributed by atoms with Gasteiger partial charge in [-0.05, 0) is 11.6 Å². The van der Waals surface area contributed by atoms with Crippen molar-refractivity contribution in [2.24, 2.45) is 0 Å². The van der Waals surface area contributed by atoms with E-state index < -0.39 is 24.0 Å². The molecule has 74 valence electrons. The van der Waals surface area contributed by atoms with Gasteiger partial charge >= 0.3 is 5.92 Å². The summed E-state index contributed by atoms with van der Waals surface area (Å²) in [6.45, 7) is -0.506. The van der Waals surface area contributed by atoms with Crippen LogP contribution in [-0.4, -0.2) is 11.0 Å². The summed E-state index contributed by atoms with van der Waals surface area (Å²) in [4.78, 5) is 10.9. The summed E-state index contributed by atoms with van der Waals surface area (Å²) in [6.07, 6.45) is 0. The van der Waals surface area contributed by atoms with Gasteiger partial charge in [-0.2, -0.15) is 8.78 Å². The number of hydrogen-bond donors (Lipinski definition) is 2. The Kier molecular flexibility index (Phi) is 1.78. The highest BCUT2D eigenvalue weighted by Gasteiger charge is 2.49. The number of amides is 1. The van der Waals surface area contributed by atoms with Gasteiger partial charge in [0.15, 0.2) is 0 Å². The number of anilines is 1. The molecule has 0 atom stereocenters. The molecule has 0 unspecified atom stereocenters. The lowest BCUT2D eigenvalue weighted by Crippen LogP contribution is -2.24. The molecule has 0 aromatic heterocycles. The van der Waals surface area contributed by atoms with Gasteiger partial charge in [-0.3, -0.25) is 4.79 Å². The maximum absolute atomic E-state index is 13.3. The van der Waals surface area contributed by atoms with Crippen LogP contribution in [0.25, 0.3) is 0 Å². The van der Waals surface area contributed by atoms with Crippen LogP contribution in [0.4, 0.5) is 14.5 Å². The number of carbonyl (C=O) groups is 1. The van der Waals surface area contributed by atoms with Gasteiger partial charge in [-0.15, -0.1) is 0 Å². The fraction of sp³-hybridized carbons (Fsp3) is 0.222. The maximum Gasteiger partial charge on any atom is 0.352 e. The molecular weight excluding hydrogens is 192 g/mol. The van der Waals surface area contributed by atoms with Gasteiger partial charge in [0.1, 0.15) is 0 Å². The molecule has 0 saturated carbocycles. The normalized spacial score (nSPS) is 17.8. The van der Waals surface area contributed by atoms with E-state index in [2.05, 4.69) is 5.32 Å². The first-order chi connectivity index (χ1) is 6.57. The molecule has 1 heterocycles. The minimum atomic E-state index is -3.53. The first kappa shape index (κ1) is 9.08. The van der Waals surface area contributed by atoms with Crippen molar-refractivity contribution in [2.75, 3.05) is 5.32 Å². The standard InChI is InChI=1S/C9H7F2NO2/c10-9(11)7-5(4-13)2-1-3-6(7)12-8(9)14/h1-3,13H,4H2,(H,12,14). The molecule has 1 aliphatic heterocycles. The third-order valence-corrected chi connectivity index (χ3v) is 2.17. The minimum absolute atomic E-state index is 0.0749. The van der Waals surface area contributed by atoms with E-state index in [1.807, 2.05) is 0 Å². The van der Waals surface area contributed by atoms with Gasteiger partial charge in [0.05, 0.1) is 17.9 Å². The SMILES string of the molecule is O=C1Nc2cccc(CO)c2C1(F)F. The third kappa shape index (κ3) is 1.02. The smallest absolute Gasteiger partial charge is 0.352 e. The number of fused-ring (bicyclic) bond motifs is 1. The van der Waals surface area contributed by atoms with Crippen LogP contribution in [0, 0.1) is 0 Å². The van der Waals surface area contributed by atoms with E-state index in [1.165, 1.54) is 18.2 Å². The van der Waals surface area contributed by atoms with E-state index >= 15 is 0 Å². The van der Waals surface area contributed by atoms with Gasteiger partial charge in [0.25, 0.3) is 5.91 Å². The van der Waals surface area contributed by atoms with E-state index in [-0.39, 0.29) is 11.3 Å². The summed E-state index contributed by atoms with van der Waals surface area (Å²) < 4.78 is 26.5. The Labute approximate surface area is 78.4 Å². The molecule has 1 aromatic rings. The average molecular weight is 199 g/mol. The van der Waals surface area contributed by atoms with E-state index in [9.17, 15) is 13.6 Å². The molecule has 0 radical (unpaired) electrons. The average Bonchev–Trinajstić information content (AvgIpc) is 2.38. The van der Waals surface area contributed by atoms with Crippen LogP contribution in [0.1, 0.15) is 11.1 Å². The molecule has 1 aromatic carbocycles. The number of aliphatic hydroxyl groups excluding tert-OH is 1. The Morgan fingerprint density at radius 3 is 2.79 bits per heavy atom. The number of rotatable bonds is 1. The monoisotopic (exact) mass is 199 g/mol.